The molecule has 1 aliphatic rings. The molecule has 0 unspecified atom stereocenters. The Balaban J connectivity index is 2.61. The van der Waals surface area contributed by atoms with E-state index in [0.717, 1.165) is 17.7 Å². The normalized spacial score (nSPS) is 17.2. The van der Waals surface area contributed by atoms with E-state index in [4.69, 9.17) is 0 Å². The van der Waals surface area contributed by atoms with Crippen LogP contribution in [0.5, 0.6) is 0 Å². The summed E-state index contributed by atoms with van der Waals surface area (Å²) in [6.07, 6.45) is 3.67. The van der Waals surface area contributed by atoms with Gasteiger partial charge in [0, 0.05) is 11.8 Å². The van der Waals surface area contributed by atoms with Gasteiger partial charge in [0.25, 0.3) is 0 Å². The average molecular weight is 211 g/mol. The van der Waals surface area contributed by atoms with E-state index in [0.29, 0.717) is 5.69 Å². The van der Waals surface area contributed by atoms with Crippen LogP contribution < -0.4 is 4.72 Å². The third kappa shape index (κ3) is 1.48. The number of rotatable bonds is 1. The van der Waals surface area contributed by atoms with Crippen LogP contribution in [0.15, 0.2) is 16.7 Å². The second kappa shape index (κ2) is 3.06. The van der Waals surface area contributed by atoms with Gasteiger partial charge in [-0.05, 0) is 12.5 Å². The summed E-state index contributed by atoms with van der Waals surface area (Å²) in [4.78, 5) is 4.13. The quantitative estimate of drug-likeness (QED) is 0.744. The van der Waals surface area contributed by atoms with Crippen molar-refractivity contribution in [2.45, 2.75) is 13.3 Å². The smallest absolute Gasteiger partial charge is 0.264 e. The van der Waals surface area contributed by atoms with Crippen LogP contribution in [0.3, 0.4) is 0 Å². The first kappa shape index (κ1) is 9.14. The van der Waals surface area contributed by atoms with Gasteiger partial charge in [0.2, 0.25) is 0 Å². The molecule has 2 heterocycles. The van der Waals surface area contributed by atoms with Gasteiger partial charge in [-0.15, -0.1) is 0 Å². The Morgan fingerprint density at radius 3 is 3.00 bits per heavy atom. The zero-order chi connectivity index (χ0) is 10.2. The Bertz CT molecular complexity index is 493. The number of nitrogens with one attached hydrogen (secondary N) is 1. The minimum Gasteiger partial charge on any atom is -0.264 e. The fourth-order valence-electron chi connectivity index (χ4n) is 1.32. The number of hydrogen-bond donors (Lipinski definition) is 1. The molecule has 1 aromatic heterocycles. The van der Waals surface area contributed by atoms with Gasteiger partial charge in [0.15, 0.2) is 0 Å². The summed E-state index contributed by atoms with van der Waals surface area (Å²) in [5.41, 5.74) is 2.14. The number of anilines is 1. The molecule has 5 nitrogen and oxygen atoms in total. The van der Waals surface area contributed by atoms with Crippen molar-refractivity contribution in [3.8, 4) is 0 Å². The summed E-state index contributed by atoms with van der Waals surface area (Å²) in [5.74, 6) is 0. The number of hydrogen-bond acceptors (Lipinski definition) is 3. The lowest BCUT2D eigenvalue weighted by atomic mass is 10.1. The Hall–Kier alpha value is -1.43. The minimum absolute atomic E-state index is 0.548. The van der Waals surface area contributed by atoms with E-state index in [9.17, 15) is 8.42 Å². The highest BCUT2D eigenvalue weighted by Gasteiger charge is 2.17. The minimum atomic E-state index is -3.53. The summed E-state index contributed by atoms with van der Waals surface area (Å²) >= 11 is 0. The lowest BCUT2D eigenvalue weighted by molar-refractivity contribution is 0.603. The van der Waals surface area contributed by atoms with Gasteiger partial charge in [-0.3, -0.25) is 9.71 Å². The third-order valence-electron chi connectivity index (χ3n) is 1.97. The van der Waals surface area contributed by atoms with E-state index in [-0.39, 0.29) is 0 Å². The van der Waals surface area contributed by atoms with Gasteiger partial charge < -0.3 is 0 Å². The predicted molar refractivity (Wildman–Crippen MR) is 53.8 cm³/mol. The summed E-state index contributed by atoms with van der Waals surface area (Å²) in [6, 6.07) is 1.62. The van der Waals surface area contributed by atoms with Crippen LogP contribution in [0.25, 0.3) is 0 Å². The van der Waals surface area contributed by atoms with Crippen LogP contribution in [0.2, 0.25) is 0 Å². The first-order valence-corrected chi connectivity index (χ1v) is 5.62. The topological polar surface area (TPSA) is 71.4 Å². The average Bonchev–Trinajstić information content (AvgIpc) is 2.15. The molecule has 14 heavy (non-hydrogen) atoms. The molecule has 1 N–H and O–H groups in total. The molecule has 74 valence electrons. The van der Waals surface area contributed by atoms with Crippen LogP contribution >= 0.6 is 0 Å². The molecule has 1 aliphatic heterocycles. The first-order valence-electron chi connectivity index (χ1n) is 4.18. The maximum atomic E-state index is 11.1. The molecule has 0 radical (unpaired) electrons. The number of aryl methyl sites for hydroxylation is 1. The summed E-state index contributed by atoms with van der Waals surface area (Å²) < 4.78 is 27.9. The van der Waals surface area contributed by atoms with Gasteiger partial charge in [-0.2, -0.15) is 12.8 Å². The zero-order valence-corrected chi connectivity index (χ0v) is 8.37. The van der Waals surface area contributed by atoms with Crippen LogP contribution in [0.4, 0.5) is 5.69 Å². The molecule has 0 saturated heterocycles. The fraction of sp³-hybridized carbons (Fsp3) is 0.250. The second-order valence-corrected chi connectivity index (χ2v) is 4.25. The van der Waals surface area contributed by atoms with Gasteiger partial charge in [0.05, 0.1) is 17.6 Å². The lowest BCUT2D eigenvalue weighted by Gasteiger charge is -2.13. The highest BCUT2D eigenvalue weighted by molar-refractivity contribution is 7.91. The molecular weight excluding hydrogens is 202 g/mol. The van der Waals surface area contributed by atoms with Crippen molar-refractivity contribution in [3.05, 3.63) is 23.5 Å². The summed E-state index contributed by atoms with van der Waals surface area (Å²) in [6.45, 7) is 1.96. The van der Waals surface area contributed by atoms with E-state index in [2.05, 4.69) is 14.1 Å². The highest BCUT2D eigenvalue weighted by atomic mass is 32.2. The predicted octanol–water partition coefficient (Wildman–Crippen LogP) is 0.733. The van der Waals surface area contributed by atoms with Crippen LogP contribution in [0.1, 0.15) is 18.2 Å². The number of fused-ring (bicyclic) bond motifs is 1. The standard InChI is InChI=1S/C8H9N3O2S/c1-2-7-6-5-10-14(12,13)11-8(6)3-4-9-7/h3-5,11H,2H2,1H3. The fourth-order valence-corrected chi connectivity index (χ4v) is 2.07. The van der Waals surface area contributed by atoms with E-state index in [1.165, 1.54) is 6.21 Å². The van der Waals surface area contributed by atoms with Crippen molar-refractivity contribution >= 4 is 22.1 Å². The monoisotopic (exact) mass is 211 g/mol. The third-order valence-corrected chi connectivity index (χ3v) is 2.83. The summed E-state index contributed by atoms with van der Waals surface area (Å²) in [7, 11) is -3.53. The largest absolute Gasteiger partial charge is 0.342 e. The maximum Gasteiger partial charge on any atom is 0.342 e. The van der Waals surface area contributed by atoms with Gasteiger partial charge >= 0.3 is 10.2 Å². The molecule has 0 atom stereocenters. The number of aromatic nitrogens is 1. The zero-order valence-electron chi connectivity index (χ0n) is 7.56. The molecule has 6 heteroatoms. The van der Waals surface area contributed by atoms with Gasteiger partial charge in [-0.25, -0.2) is 0 Å². The van der Waals surface area contributed by atoms with Crippen LogP contribution in [-0.4, -0.2) is 19.6 Å². The lowest BCUT2D eigenvalue weighted by Crippen LogP contribution is -2.17. The molecule has 0 amide bonds. The van der Waals surface area contributed by atoms with Crippen molar-refractivity contribution in [2.24, 2.45) is 4.40 Å². The molecule has 0 bridgehead atoms. The van der Waals surface area contributed by atoms with Crippen molar-refractivity contribution < 1.29 is 8.42 Å². The highest BCUT2D eigenvalue weighted by Crippen LogP contribution is 2.21. The molecule has 0 aliphatic carbocycles. The van der Waals surface area contributed by atoms with Crippen LogP contribution in [0, 0.1) is 0 Å². The Morgan fingerprint density at radius 2 is 2.29 bits per heavy atom. The Labute approximate surface area is 82.1 Å². The van der Waals surface area contributed by atoms with Crippen LogP contribution in [-0.2, 0) is 16.6 Å². The Morgan fingerprint density at radius 1 is 1.50 bits per heavy atom. The molecule has 0 spiro atoms. The van der Waals surface area contributed by atoms with E-state index >= 15 is 0 Å². The van der Waals surface area contributed by atoms with Gasteiger partial charge in [0.1, 0.15) is 0 Å². The van der Waals surface area contributed by atoms with Crippen molar-refractivity contribution in [1.29, 1.82) is 0 Å². The molecule has 0 aromatic carbocycles. The van der Waals surface area contributed by atoms with E-state index in [1.807, 2.05) is 6.92 Å². The molecule has 2 rings (SSSR count). The maximum absolute atomic E-state index is 11.1. The van der Waals surface area contributed by atoms with E-state index in [1.54, 1.807) is 12.3 Å². The molecule has 0 saturated carbocycles. The van der Waals surface area contributed by atoms with E-state index < -0.39 is 10.2 Å². The molecular formula is C8H9N3O2S. The number of pyridine rings is 1. The second-order valence-electron chi connectivity index (χ2n) is 2.88. The molecule has 0 fully saturated rings. The Kier molecular flexibility index (Phi) is 1.99. The number of nitrogens with zero attached hydrogens (tertiary/aromatic N) is 2. The SMILES string of the molecule is CCc1nccc2c1C=NS(=O)(=O)N2. The van der Waals surface area contributed by atoms with Crippen molar-refractivity contribution in [1.82, 2.24) is 4.98 Å². The first-order chi connectivity index (χ1) is 6.62. The molecule has 1 aromatic rings. The summed E-state index contributed by atoms with van der Waals surface area (Å²) in [5, 5.41) is 0. The van der Waals surface area contributed by atoms with Gasteiger partial charge in [-0.1, -0.05) is 6.92 Å². The van der Waals surface area contributed by atoms with Crippen molar-refractivity contribution in [2.75, 3.05) is 4.72 Å². The van der Waals surface area contributed by atoms with Crippen molar-refractivity contribution in [3.63, 3.8) is 0 Å².